The summed E-state index contributed by atoms with van der Waals surface area (Å²) in [6.07, 6.45) is 1.60. The molecule has 1 saturated heterocycles. The van der Waals surface area contributed by atoms with Gasteiger partial charge < -0.3 is 30.0 Å². The Morgan fingerprint density at radius 1 is 1.39 bits per heavy atom. The van der Waals surface area contributed by atoms with E-state index in [0.29, 0.717) is 41.6 Å². The number of anilines is 2. The van der Waals surface area contributed by atoms with Crippen molar-refractivity contribution in [2.75, 3.05) is 25.2 Å². The fourth-order valence-electron chi connectivity index (χ4n) is 4.42. The largest absolute Gasteiger partial charge is 0.469 e. The van der Waals surface area contributed by atoms with Crippen molar-refractivity contribution in [2.24, 2.45) is 5.11 Å². The highest BCUT2D eigenvalue weighted by Gasteiger charge is 2.39. The fourth-order valence-corrected chi connectivity index (χ4v) is 6.10. The summed E-state index contributed by atoms with van der Waals surface area (Å²) in [6, 6.07) is 7.74. The number of fused-ring (bicyclic) bond motifs is 1. The number of nitrogens with zero attached hydrogens (tertiary/aromatic N) is 6. The molecule has 5 atom stereocenters. The molecule has 0 amide bonds. The number of nitrogens with one attached hydrogen (secondary N) is 1. The highest BCUT2D eigenvalue weighted by molar-refractivity contribution is 7.52. The number of para-hydroxylation sites is 1. The molecule has 2 aromatic heterocycles. The van der Waals surface area contributed by atoms with Crippen molar-refractivity contribution < 1.29 is 27.9 Å². The summed E-state index contributed by atoms with van der Waals surface area (Å²) in [5.41, 5.74) is 22.8. The van der Waals surface area contributed by atoms with Crippen LogP contribution < -0.4 is 21.1 Å². The molecule has 1 aromatic carbocycles. The summed E-state index contributed by atoms with van der Waals surface area (Å²) in [6.45, 7) is 3.58. The standard InChI is InChI=1S/C25H34N9O6P/c1-4-15(2)32-41(36,40-19-8-6-5-7-16(19)9-10-23(35)37-3)38-13-20-17(31-33-28)11-22(39-20)34-14-29-24-18(34)12-21(26)30-25(24)27/h5-8,12,14-15,17,20,22H,4,9-11,13H2,1-3H3,(H,32,36)(H4,26,27,30)/t15-,17?,20+,22+,41?/m0/s1. The van der Waals surface area contributed by atoms with Crippen molar-refractivity contribution in [3.8, 4) is 5.75 Å². The molecule has 3 heterocycles. The minimum atomic E-state index is -3.97. The van der Waals surface area contributed by atoms with Crippen molar-refractivity contribution in [3.05, 3.63) is 52.7 Å². The molecular formula is C25H34N9O6P. The molecule has 4 rings (SSSR count). The van der Waals surface area contributed by atoms with Crippen molar-refractivity contribution in [3.63, 3.8) is 0 Å². The van der Waals surface area contributed by atoms with Crippen molar-refractivity contribution >= 4 is 36.4 Å². The van der Waals surface area contributed by atoms with Gasteiger partial charge in [-0.2, -0.15) is 0 Å². The molecule has 1 fully saturated rings. The van der Waals surface area contributed by atoms with Crippen molar-refractivity contribution in [2.45, 2.75) is 63.9 Å². The van der Waals surface area contributed by atoms with Crippen LogP contribution in [0.2, 0.25) is 0 Å². The molecule has 41 heavy (non-hydrogen) atoms. The molecule has 0 bridgehead atoms. The molecular weight excluding hydrogens is 553 g/mol. The monoisotopic (exact) mass is 587 g/mol. The lowest BCUT2D eigenvalue weighted by atomic mass is 10.1. The predicted octanol–water partition coefficient (Wildman–Crippen LogP) is 4.26. The number of aryl methyl sites for hydroxylation is 1. The number of pyridine rings is 1. The van der Waals surface area contributed by atoms with Crippen LogP contribution >= 0.6 is 7.75 Å². The van der Waals surface area contributed by atoms with E-state index in [0.717, 1.165) is 0 Å². The number of carbonyl (C=O) groups is 1. The van der Waals surface area contributed by atoms with Crippen LogP contribution in [0, 0.1) is 0 Å². The van der Waals surface area contributed by atoms with E-state index in [4.69, 9.17) is 30.0 Å². The first-order chi connectivity index (χ1) is 19.7. The Morgan fingerprint density at radius 3 is 2.90 bits per heavy atom. The first-order valence-electron chi connectivity index (χ1n) is 13.1. The number of aromatic nitrogens is 3. The van der Waals surface area contributed by atoms with Crippen LogP contribution in [0.15, 0.2) is 41.8 Å². The molecule has 1 aliphatic rings. The Balaban J connectivity index is 1.54. The van der Waals surface area contributed by atoms with Gasteiger partial charge in [0.15, 0.2) is 5.82 Å². The first kappa shape index (κ1) is 30.1. The molecule has 0 spiro atoms. The number of benzene rings is 1. The van der Waals surface area contributed by atoms with Gasteiger partial charge in [0.2, 0.25) is 0 Å². The van der Waals surface area contributed by atoms with E-state index in [1.807, 2.05) is 13.8 Å². The van der Waals surface area contributed by atoms with E-state index >= 15 is 0 Å². The van der Waals surface area contributed by atoms with Gasteiger partial charge in [0, 0.05) is 29.9 Å². The number of esters is 1. The minimum Gasteiger partial charge on any atom is -0.469 e. The van der Waals surface area contributed by atoms with E-state index in [-0.39, 0.29) is 36.7 Å². The zero-order chi connectivity index (χ0) is 29.6. The second kappa shape index (κ2) is 13.2. The van der Waals surface area contributed by atoms with Crippen LogP contribution in [0.3, 0.4) is 0 Å². The maximum absolute atomic E-state index is 14.0. The summed E-state index contributed by atoms with van der Waals surface area (Å²) < 4.78 is 38.6. The number of hydrogen-bond donors (Lipinski definition) is 3. The smallest absolute Gasteiger partial charge is 0.459 e. The van der Waals surface area contributed by atoms with Gasteiger partial charge in [-0.15, -0.1) is 0 Å². The van der Waals surface area contributed by atoms with Crippen LogP contribution in [-0.4, -0.2) is 52.4 Å². The molecule has 0 radical (unpaired) electrons. The number of nitrogens with two attached hydrogens (primary N) is 2. The maximum atomic E-state index is 14.0. The lowest BCUT2D eigenvalue weighted by molar-refractivity contribution is -0.140. The summed E-state index contributed by atoms with van der Waals surface area (Å²) in [5.74, 6) is 0.342. The highest BCUT2D eigenvalue weighted by atomic mass is 31.2. The van der Waals surface area contributed by atoms with Crippen LogP contribution in [-0.2, 0) is 29.8 Å². The van der Waals surface area contributed by atoms with Crippen molar-refractivity contribution in [1.29, 1.82) is 0 Å². The number of ether oxygens (including phenoxy) is 2. The van der Waals surface area contributed by atoms with Crippen LogP contribution in [0.25, 0.3) is 21.5 Å². The van der Waals surface area contributed by atoms with Crippen molar-refractivity contribution in [1.82, 2.24) is 19.6 Å². The van der Waals surface area contributed by atoms with E-state index in [9.17, 15) is 14.9 Å². The Bertz CT molecular complexity index is 1480. The average Bonchev–Trinajstić information content (AvgIpc) is 3.55. The minimum absolute atomic E-state index is 0.127. The van der Waals surface area contributed by atoms with Gasteiger partial charge in [-0.3, -0.25) is 9.32 Å². The quantitative estimate of drug-likeness (QED) is 0.0844. The predicted molar refractivity (Wildman–Crippen MR) is 152 cm³/mol. The number of imidazole rings is 1. The highest BCUT2D eigenvalue weighted by Crippen LogP contribution is 2.47. The van der Waals surface area contributed by atoms with E-state index < -0.39 is 26.1 Å². The van der Waals surface area contributed by atoms with E-state index in [1.165, 1.54) is 7.11 Å². The maximum Gasteiger partial charge on any atom is 0.459 e. The van der Waals surface area contributed by atoms with Gasteiger partial charge in [0.25, 0.3) is 0 Å². The van der Waals surface area contributed by atoms with Gasteiger partial charge >= 0.3 is 13.7 Å². The zero-order valence-corrected chi connectivity index (χ0v) is 23.9. The lowest BCUT2D eigenvalue weighted by Gasteiger charge is -2.26. The van der Waals surface area contributed by atoms with Gasteiger partial charge in [-0.05, 0) is 36.9 Å². The molecule has 1 aliphatic heterocycles. The Labute approximate surface area is 236 Å². The normalized spacial score (nSPS) is 20.7. The van der Waals surface area contributed by atoms with Gasteiger partial charge in [-0.25, -0.2) is 19.6 Å². The molecule has 15 nitrogen and oxygen atoms in total. The second-order valence-electron chi connectivity index (χ2n) is 9.60. The molecule has 16 heteroatoms. The zero-order valence-electron chi connectivity index (χ0n) is 23.0. The van der Waals surface area contributed by atoms with Crippen LogP contribution in [0.4, 0.5) is 11.6 Å². The SMILES string of the molecule is CC[C@H](C)NP(=O)(OC[C@H]1O[C@@H](n2cnc3c(N)nc(N)cc32)CC1N=[N+]=[N-])Oc1ccccc1CCC(=O)OC. The fraction of sp³-hybridized carbons (Fsp3) is 0.480. The summed E-state index contributed by atoms with van der Waals surface area (Å²) >= 11 is 0. The number of carbonyl (C=O) groups excluding carboxylic acids is 1. The molecule has 2 unspecified atom stereocenters. The van der Waals surface area contributed by atoms with Gasteiger partial charge in [-0.1, -0.05) is 30.2 Å². The third kappa shape index (κ3) is 7.26. The summed E-state index contributed by atoms with van der Waals surface area (Å²) in [7, 11) is -2.65. The Kier molecular flexibility index (Phi) is 9.69. The molecule has 0 aliphatic carbocycles. The van der Waals surface area contributed by atoms with E-state index in [2.05, 4.69) is 25.1 Å². The topological polar surface area (TPSA) is 215 Å². The van der Waals surface area contributed by atoms with Gasteiger partial charge in [0.05, 0.1) is 37.7 Å². The second-order valence-corrected chi connectivity index (χ2v) is 11.3. The van der Waals surface area contributed by atoms with Crippen LogP contribution in [0.5, 0.6) is 5.75 Å². The number of rotatable bonds is 13. The summed E-state index contributed by atoms with van der Waals surface area (Å²) in [5, 5.41) is 6.84. The molecule has 5 N–H and O–H groups in total. The number of methoxy groups -OCH3 is 1. The summed E-state index contributed by atoms with van der Waals surface area (Å²) in [4.78, 5) is 23.0. The molecule has 220 valence electrons. The molecule has 0 saturated carbocycles. The van der Waals surface area contributed by atoms with Crippen LogP contribution in [0.1, 0.15) is 44.9 Å². The average molecular weight is 588 g/mol. The Morgan fingerprint density at radius 2 is 2.17 bits per heavy atom. The third-order valence-corrected chi connectivity index (χ3v) is 8.42. The van der Waals surface area contributed by atoms with Gasteiger partial charge in [0.1, 0.15) is 23.3 Å². The lowest BCUT2D eigenvalue weighted by Crippen LogP contribution is -2.30. The molecule has 3 aromatic rings. The number of hydrogen-bond acceptors (Lipinski definition) is 11. The third-order valence-electron chi connectivity index (χ3n) is 6.74. The number of nitrogen functional groups attached to an aromatic ring is 2. The number of azide groups is 1. The van der Waals surface area contributed by atoms with E-state index in [1.54, 1.807) is 41.2 Å². The Hall–Kier alpha value is -3.87. The first-order valence-corrected chi connectivity index (χ1v) is 14.7.